The fraction of sp³-hybridized carbons (Fsp3) is 0.0588. The van der Waals surface area contributed by atoms with Gasteiger partial charge in [0, 0.05) is 22.0 Å². The van der Waals surface area contributed by atoms with E-state index in [9.17, 15) is 17.6 Å². The summed E-state index contributed by atoms with van der Waals surface area (Å²) in [4.78, 5) is 7.64. The van der Waals surface area contributed by atoms with Crippen LogP contribution in [0.3, 0.4) is 0 Å². The van der Waals surface area contributed by atoms with Gasteiger partial charge in [0.25, 0.3) is 0 Å². The minimum Gasteiger partial charge on any atom is -0.340 e. The van der Waals surface area contributed by atoms with E-state index in [0.717, 1.165) is 16.6 Å². The Morgan fingerprint density at radius 2 is 1.42 bits per heavy atom. The zero-order chi connectivity index (χ0) is 18.7. The van der Waals surface area contributed by atoms with Crippen molar-refractivity contribution in [2.75, 3.05) is 10.6 Å². The van der Waals surface area contributed by atoms with Gasteiger partial charge >= 0.3 is 6.18 Å². The second-order valence-corrected chi connectivity index (χ2v) is 6.13. The highest BCUT2D eigenvalue weighted by atomic mass is 79.9. The van der Waals surface area contributed by atoms with E-state index in [2.05, 4.69) is 36.5 Å². The molecule has 0 atom stereocenters. The molecule has 134 valence electrons. The number of rotatable bonds is 4. The molecule has 0 aliphatic heterocycles. The fourth-order valence-corrected chi connectivity index (χ4v) is 2.34. The second-order valence-electron chi connectivity index (χ2n) is 5.22. The van der Waals surface area contributed by atoms with Crippen molar-refractivity contribution in [1.29, 1.82) is 0 Å². The molecule has 9 heteroatoms. The van der Waals surface area contributed by atoms with Crippen LogP contribution in [0.1, 0.15) is 5.56 Å². The summed E-state index contributed by atoms with van der Waals surface area (Å²) < 4.78 is 53.5. The van der Waals surface area contributed by atoms with E-state index in [1.54, 1.807) is 24.3 Å². The van der Waals surface area contributed by atoms with E-state index in [1.165, 1.54) is 12.1 Å². The standard InChI is InChI=1S/C17H11BrF4N4/c18-10-1-5-13(6-2-10)25-16-23-9-14(17(20,21)22)15(26-16)24-12-7-3-11(19)4-8-12/h1-9H,(H2,23,24,25,26). The number of nitrogens with one attached hydrogen (secondary N) is 2. The number of benzene rings is 2. The Morgan fingerprint density at radius 3 is 2.04 bits per heavy atom. The molecule has 0 bridgehead atoms. The highest BCUT2D eigenvalue weighted by Gasteiger charge is 2.35. The van der Waals surface area contributed by atoms with Gasteiger partial charge in [0.15, 0.2) is 0 Å². The molecule has 4 nitrogen and oxygen atoms in total. The third-order valence-corrected chi connectivity index (χ3v) is 3.83. The first-order valence-corrected chi connectivity index (χ1v) is 8.10. The number of anilines is 4. The normalized spacial score (nSPS) is 11.3. The van der Waals surface area contributed by atoms with Crippen molar-refractivity contribution in [3.05, 3.63) is 70.6 Å². The van der Waals surface area contributed by atoms with Crippen molar-refractivity contribution in [2.45, 2.75) is 6.18 Å². The molecule has 0 radical (unpaired) electrons. The van der Waals surface area contributed by atoms with Crippen LogP contribution in [0.2, 0.25) is 0 Å². The Bertz CT molecular complexity index is 896. The van der Waals surface area contributed by atoms with Gasteiger partial charge in [-0.3, -0.25) is 0 Å². The highest BCUT2D eigenvalue weighted by molar-refractivity contribution is 9.10. The third kappa shape index (κ3) is 4.48. The van der Waals surface area contributed by atoms with Crippen LogP contribution in [-0.4, -0.2) is 9.97 Å². The summed E-state index contributed by atoms with van der Waals surface area (Å²) in [5.41, 5.74) is -0.144. The van der Waals surface area contributed by atoms with Crippen molar-refractivity contribution >= 4 is 39.1 Å². The van der Waals surface area contributed by atoms with Crippen LogP contribution in [-0.2, 0) is 6.18 Å². The van der Waals surface area contributed by atoms with Crippen LogP contribution in [0.5, 0.6) is 0 Å². The molecule has 26 heavy (non-hydrogen) atoms. The van der Waals surface area contributed by atoms with Gasteiger partial charge < -0.3 is 10.6 Å². The molecule has 0 saturated heterocycles. The highest BCUT2D eigenvalue weighted by Crippen LogP contribution is 2.35. The minimum absolute atomic E-state index is 0.00932. The summed E-state index contributed by atoms with van der Waals surface area (Å²) in [6, 6.07) is 11.9. The minimum atomic E-state index is -4.64. The SMILES string of the molecule is Fc1ccc(Nc2nc(Nc3ccc(Br)cc3)ncc2C(F)(F)F)cc1. The Kier molecular flexibility index (Phi) is 5.08. The number of alkyl halides is 3. The molecular formula is C17H11BrF4N4. The predicted molar refractivity (Wildman–Crippen MR) is 94.1 cm³/mol. The lowest BCUT2D eigenvalue weighted by atomic mass is 10.2. The first kappa shape index (κ1) is 18.1. The van der Waals surface area contributed by atoms with Gasteiger partial charge in [-0.15, -0.1) is 0 Å². The molecule has 0 aliphatic carbocycles. The Balaban J connectivity index is 1.93. The van der Waals surface area contributed by atoms with Gasteiger partial charge in [-0.25, -0.2) is 9.37 Å². The fourth-order valence-electron chi connectivity index (χ4n) is 2.08. The molecule has 3 aromatic rings. The average molecular weight is 427 g/mol. The molecule has 0 saturated carbocycles. The molecule has 1 heterocycles. The lowest BCUT2D eigenvalue weighted by Crippen LogP contribution is -2.12. The summed E-state index contributed by atoms with van der Waals surface area (Å²) >= 11 is 3.30. The van der Waals surface area contributed by atoms with Crippen molar-refractivity contribution in [3.8, 4) is 0 Å². The van der Waals surface area contributed by atoms with E-state index < -0.39 is 23.4 Å². The molecule has 0 aliphatic rings. The molecule has 2 N–H and O–H groups in total. The number of aromatic nitrogens is 2. The lowest BCUT2D eigenvalue weighted by Gasteiger charge is -2.15. The summed E-state index contributed by atoms with van der Waals surface area (Å²) in [5.74, 6) is -0.935. The van der Waals surface area contributed by atoms with Gasteiger partial charge in [-0.2, -0.15) is 18.2 Å². The van der Waals surface area contributed by atoms with Gasteiger partial charge in [-0.05, 0) is 48.5 Å². The van der Waals surface area contributed by atoms with Crippen molar-refractivity contribution in [3.63, 3.8) is 0 Å². The van der Waals surface area contributed by atoms with Crippen molar-refractivity contribution < 1.29 is 17.6 Å². The number of halogens is 5. The predicted octanol–water partition coefficient (Wildman–Crippen LogP) is 5.88. The molecular weight excluding hydrogens is 416 g/mol. The van der Waals surface area contributed by atoms with E-state index in [-0.39, 0.29) is 11.6 Å². The molecule has 0 spiro atoms. The van der Waals surface area contributed by atoms with Crippen LogP contribution in [0.25, 0.3) is 0 Å². The summed E-state index contributed by atoms with van der Waals surface area (Å²) in [5, 5.41) is 5.39. The number of hydrogen-bond acceptors (Lipinski definition) is 4. The Hall–Kier alpha value is -2.68. The maximum absolute atomic E-state index is 13.2. The van der Waals surface area contributed by atoms with Crippen LogP contribution < -0.4 is 10.6 Å². The van der Waals surface area contributed by atoms with E-state index in [4.69, 9.17) is 0 Å². The topological polar surface area (TPSA) is 49.8 Å². The van der Waals surface area contributed by atoms with Crippen LogP contribution in [0.4, 0.5) is 40.7 Å². The largest absolute Gasteiger partial charge is 0.421 e. The van der Waals surface area contributed by atoms with E-state index in [0.29, 0.717) is 11.9 Å². The Morgan fingerprint density at radius 1 is 0.846 bits per heavy atom. The third-order valence-electron chi connectivity index (χ3n) is 3.30. The lowest BCUT2D eigenvalue weighted by molar-refractivity contribution is -0.137. The van der Waals surface area contributed by atoms with Gasteiger partial charge in [0.2, 0.25) is 5.95 Å². The maximum Gasteiger partial charge on any atom is 0.421 e. The summed E-state index contributed by atoms with van der Waals surface area (Å²) in [6.45, 7) is 0. The van der Waals surface area contributed by atoms with Gasteiger partial charge in [-0.1, -0.05) is 15.9 Å². The van der Waals surface area contributed by atoms with Crippen molar-refractivity contribution in [2.24, 2.45) is 0 Å². The monoisotopic (exact) mass is 426 g/mol. The quantitative estimate of drug-likeness (QED) is 0.511. The van der Waals surface area contributed by atoms with E-state index in [1.807, 2.05) is 0 Å². The molecule has 1 aromatic heterocycles. The smallest absolute Gasteiger partial charge is 0.340 e. The van der Waals surface area contributed by atoms with Gasteiger partial charge in [0.1, 0.15) is 17.2 Å². The molecule has 0 unspecified atom stereocenters. The second kappa shape index (κ2) is 7.28. The van der Waals surface area contributed by atoms with Crippen molar-refractivity contribution in [1.82, 2.24) is 9.97 Å². The molecule has 0 fully saturated rings. The number of nitrogens with zero attached hydrogens (tertiary/aromatic N) is 2. The molecule has 2 aromatic carbocycles. The zero-order valence-electron chi connectivity index (χ0n) is 13.0. The first-order chi connectivity index (χ1) is 12.3. The summed E-state index contributed by atoms with van der Waals surface area (Å²) in [6.07, 6.45) is -3.95. The zero-order valence-corrected chi connectivity index (χ0v) is 14.6. The average Bonchev–Trinajstić information content (AvgIpc) is 2.58. The first-order valence-electron chi connectivity index (χ1n) is 7.31. The Labute approximate surface area is 154 Å². The van der Waals surface area contributed by atoms with Crippen LogP contribution in [0, 0.1) is 5.82 Å². The molecule has 3 rings (SSSR count). The number of hydrogen-bond donors (Lipinski definition) is 2. The van der Waals surface area contributed by atoms with E-state index >= 15 is 0 Å². The maximum atomic E-state index is 13.2. The van der Waals surface area contributed by atoms with Crippen LogP contribution >= 0.6 is 15.9 Å². The molecule has 0 amide bonds. The summed E-state index contributed by atoms with van der Waals surface area (Å²) in [7, 11) is 0. The van der Waals surface area contributed by atoms with Crippen LogP contribution in [0.15, 0.2) is 59.2 Å². The van der Waals surface area contributed by atoms with Gasteiger partial charge in [0.05, 0.1) is 0 Å².